The average molecular weight is 467 g/mol. The van der Waals surface area contributed by atoms with Gasteiger partial charge in [0.2, 0.25) is 0 Å². The van der Waals surface area contributed by atoms with Gasteiger partial charge in [-0.1, -0.05) is 12.2 Å². The molecule has 0 saturated carbocycles. The zero-order valence-electron chi connectivity index (χ0n) is 15.2. The van der Waals surface area contributed by atoms with Crippen molar-refractivity contribution in [3.63, 3.8) is 0 Å². The molecular formula is C16H18F2N2O8PS+. The van der Waals surface area contributed by atoms with E-state index in [1.807, 2.05) is 0 Å². The molecule has 10 nitrogen and oxygen atoms in total. The summed E-state index contributed by atoms with van der Waals surface area (Å²) < 4.78 is 46.2. The van der Waals surface area contributed by atoms with Gasteiger partial charge in [0.05, 0.1) is 6.20 Å². The van der Waals surface area contributed by atoms with Crippen LogP contribution in [0.3, 0.4) is 0 Å². The third-order valence-electron chi connectivity index (χ3n) is 4.05. The van der Waals surface area contributed by atoms with E-state index < -0.39 is 44.8 Å². The molecule has 1 aromatic carbocycles. The van der Waals surface area contributed by atoms with Crippen molar-refractivity contribution < 1.29 is 42.2 Å². The van der Waals surface area contributed by atoms with E-state index in [0.29, 0.717) is 24.2 Å². The molecule has 0 radical (unpaired) electrons. The highest BCUT2D eigenvalue weighted by molar-refractivity contribution is 7.71. The van der Waals surface area contributed by atoms with Crippen molar-refractivity contribution >= 4 is 20.4 Å². The standard InChI is InChI=1S/C8H9FN2O3S.C8H9FO5P/c9-4-3-11(8(13)10-7(4)15)5-1-2-6(12)14-5;9-7-1-2-8-6(3-7)4-12-15(11,14-8)13-5-10/h3,5-6,12H,1-2H2,(H,10,13,15);1-3,10-11H,4-5H2/q;+1/t5?,6-;/m0./s1. The number of ether oxygens (including phenoxy) is 1. The largest absolute Gasteiger partial charge is 0.621 e. The SMILES string of the molecule is O=c1[nH]c(=S)c(F)cn1C1CC[C@@H](O)O1.OCO[P+]1(O)OCc2cc(F)ccc2O1. The highest BCUT2D eigenvalue weighted by atomic mass is 32.1. The van der Waals surface area contributed by atoms with E-state index in [4.69, 9.17) is 24.0 Å². The number of aliphatic hydroxyl groups is 2. The molecule has 2 aliphatic rings. The first kappa shape index (κ1) is 22.8. The first-order valence-corrected chi connectivity index (χ1v) is 10.5. The van der Waals surface area contributed by atoms with Gasteiger partial charge in [0, 0.05) is 12.0 Å². The van der Waals surface area contributed by atoms with Gasteiger partial charge >= 0.3 is 13.9 Å². The molecule has 14 heteroatoms. The van der Waals surface area contributed by atoms with Gasteiger partial charge in [0.1, 0.15) is 23.3 Å². The van der Waals surface area contributed by atoms with Crippen LogP contribution in [-0.4, -0.2) is 37.7 Å². The summed E-state index contributed by atoms with van der Waals surface area (Å²) in [6.07, 6.45) is 0.352. The second kappa shape index (κ2) is 9.54. The van der Waals surface area contributed by atoms with Crippen LogP contribution in [0.2, 0.25) is 0 Å². The maximum absolute atomic E-state index is 13.1. The van der Waals surface area contributed by atoms with E-state index in [1.54, 1.807) is 0 Å². The second-order valence-corrected chi connectivity index (χ2v) is 8.15. The lowest BCUT2D eigenvalue weighted by atomic mass is 10.2. The number of fused-ring (bicyclic) bond motifs is 1. The summed E-state index contributed by atoms with van der Waals surface area (Å²) in [6.45, 7) is -0.724. The van der Waals surface area contributed by atoms with E-state index in [0.717, 1.165) is 10.8 Å². The minimum atomic E-state index is -3.48. The second-order valence-electron chi connectivity index (χ2n) is 6.11. The van der Waals surface area contributed by atoms with Crippen LogP contribution in [0.25, 0.3) is 0 Å². The average Bonchev–Trinajstić information content (AvgIpc) is 3.12. The molecule has 4 rings (SSSR count). The smallest absolute Gasteiger partial charge is 0.368 e. The van der Waals surface area contributed by atoms with E-state index in [2.05, 4.69) is 21.7 Å². The molecule has 0 bridgehead atoms. The Morgan fingerprint density at radius 3 is 2.80 bits per heavy atom. The fraction of sp³-hybridized carbons (Fsp3) is 0.375. The van der Waals surface area contributed by atoms with Crippen LogP contribution in [-0.2, 0) is 20.4 Å². The highest BCUT2D eigenvalue weighted by Gasteiger charge is 2.50. The lowest BCUT2D eigenvalue weighted by molar-refractivity contribution is -0.114. The predicted molar refractivity (Wildman–Crippen MR) is 100 cm³/mol. The Morgan fingerprint density at radius 2 is 2.13 bits per heavy atom. The number of aromatic nitrogens is 2. The number of benzene rings is 1. The predicted octanol–water partition coefficient (Wildman–Crippen LogP) is 2.04. The summed E-state index contributed by atoms with van der Waals surface area (Å²) in [5, 5.41) is 17.6. The molecule has 2 unspecified atom stereocenters. The van der Waals surface area contributed by atoms with Crippen LogP contribution in [0.1, 0.15) is 24.6 Å². The molecule has 0 spiro atoms. The number of H-pyrrole nitrogens is 1. The monoisotopic (exact) mass is 467 g/mol. The normalized spacial score (nSPS) is 25.1. The summed E-state index contributed by atoms with van der Waals surface area (Å²) in [7, 11) is -3.48. The molecule has 1 aromatic heterocycles. The Morgan fingerprint density at radius 1 is 1.37 bits per heavy atom. The molecule has 2 aliphatic heterocycles. The van der Waals surface area contributed by atoms with Crippen molar-refractivity contribution in [2.45, 2.75) is 32.0 Å². The molecule has 2 aromatic rings. The molecular weight excluding hydrogens is 449 g/mol. The Labute approximate surface area is 173 Å². The van der Waals surface area contributed by atoms with Gasteiger partial charge in [-0.05, 0) is 24.6 Å². The van der Waals surface area contributed by atoms with Gasteiger partial charge in [-0.25, -0.2) is 13.6 Å². The molecule has 3 atom stereocenters. The van der Waals surface area contributed by atoms with Crippen molar-refractivity contribution in [1.29, 1.82) is 0 Å². The van der Waals surface area contributed by atoms with Crippen molar-refractivity contribution in [3.8, 4) is 5.75 Å². The summed E-state index contributed by atoms with van der Waals surface area (Å²) in [6, 6.07) is 3.82. The maximum atomic E-state index is 13.1. The Kier molecular flexibility index (Phi) is 7.26. The third-order valence-corrected chi connectivity index (χ3v) is 5.67. The van der Waals surface area contributed by atoms with Gasteiger partial charge in [-0.3, -0.25) is 14.1 Å². The Bertz CT molecular complexity index is 1020. The quantitative estimate of drug-likeness (QED) is 0.304. The van der Waals surface area contributed by atoms with Crippen LogP contribution in [0.4, 0.5) is 8.78 Å². The topological polar surface area (TPSA) is 135 Å². The van der Waals surface area contributed by atoms with Crippen LogP contribution in [0.5, 0.6) is 5.75 Å². The number of halogens is 2. The number of rotatable bonds is 3. The number of hydrogen-bond donors (Lipinski definition) is 4. The maximum Gasteiger partial charge on any atom is 0.621 e. The first-order chi connectivity index (χ1) is 14.2. The molecule has 30 heavy (non-hydrogen) atoms. The summed E-state index contributed by atoms with van der Waals surface area (Å²) in [5.74, 6) is -0.797. The van der Waals surface area contributed by atoms with E-state index in [9.17, 15) is 18.5 Å². The fourth-order valence-corrected chi connectivity index (χ4v) is 3.86. The van der Waals surface area contributed by atoms with E-state index >= 15 is 0 Å². The van der Waals surface area contributed by atoms with Crippen molar-refractivity contribution in [2.24, 2.45) is 0 Å². The highest BCUT2D eigenvalue weighted by Crippen LogP contribution is 2.61. The first-order valence-electron chi connectivity index (χ1n) is 8.55. The summed E-state index contributed by atoms with van der Waals surface area (Å²) in [4.78, 5) is 23.2. The molecule has 0 amide bonds. The zero-order valence-corrected chi connectivity index (χ0v) is 16.9. The number of nitrogens with one attached hydrogen (secondary N) is 1. The molecule has 1 fully saturated rings. The van der Waals surface area contributed by atoms with Gasteiger partial charge in [-0.2, -0.15) is 4.89 Å². The van der Waals surface area contributed by atoms with Crippen LogP contribution >= 0.6 is 20.4 Å². The molecule has 4 N–H and O–H groups in total. The van der Waals surface area contributed by atoms with E-state index in [-0.39, 0.29) is 11.2 Å². The number of aliphatic hydroxyl groups excluding tert-OH is 2. The van der Waals surface area contributed by atoms with Gasteiger partial charge < -0.3 is 14.9 Å². The zero-order chi connectivity index (χ0) is 21.9. The Balaban J connectivity index is 0.000000171. The molecule has 1 saturated heterocycles. The molecule has 0 aliphatic carbocycles. The van der Waals surface area contributed by atoms with Gasteiger partial charge in [-0.15, -0.1) is 9.05 Å². The summed E-state index contributed by atoms with van der Waals surface area (Å²) in [5.41, 5.74) is -0.0540. The number of hydrogen-bond acceptors (Lipinski definition) is 9. The van der Waals surface area contributed by atoms with E-state index in [1.165, 1.54) is 18.2 Å². The number of aromatic amines is 1. The van der Waals surface area contributed by atoms with Crippen LogP contribution < -0.4 is 10.2 Å². The molecule has 3 heterocycles. The molecule has 164 valence electrons. The minimum Gasteiger partial charge on any atom is -0.368 e. The van der Waals surface area contributed by atoms with Gasteiger partial charge in [0.15, 0.2) is 24.6 Å². The van der Waals surface area contributed by atoms with Crippen molar-refractivity contribution in [3.05, 3.63) is 56.7 Å². The van der Waals surface area contributed by atoms with Crippen molar-refractivity contribution in [2.75, 3.05) is 6.79 Å². The lowest BCUT2D eigenvalue weighted by Gasteiger charge is -2.20. The Hall–Kier alpha value is -1.83. The minimum absolute atomic E-state index is 0.0165. The number of nitrogens with zero attached hydrogens (tertiary/aromatic N) is 1. The third kappa shape index (κ3) is 5.45. The fourth-order valence-electron chi connectivity index (χ4n) is 2.67. The lowest BCUT2D eigenvalue weighted by Crippen LogP contribution is -2.27. The van der Waals surface area contributed by atoms with Crippen LogP contribution in [0, 0.1) is 16.3 Å². The van der Waals surface area contributed by atoms with Crippen LogP contribution in [0.15, 0.2) is 29.2 Å². The van der Waals surface area contributed by atoms with Crippen molar-refractivity contribution in [1.82, 2.24) is 9.55 Å². The van der Waals surface area contributed by atoms with Gasteiger partial charge in [0.25, 0.3) is 0 Å². The summed E-state index contributed by atoms with van der Waals surface area (Å²) >= 11 is 4.56.